The normalized spacial score (nSPS) is 30.4. The Bertz CT molecular complexity index is 793. The largest absolute Gasteiger partial charge is 0.340 e. The molecule has 1 saturated carbocycles. The summed E-state index contributed by atoms with van der Waals surface area (Å²) in [6.07, 6.45) is 5.13. The van der Waals surface area contributed by atoms with Gasteiger partial charge in [0.1, 0.15) is 4.58 Å². The molecule has 3 N–H and O–H groups in total. The summed E-state index contributed by atoms with van der Waals surface area (Å²) in [5.41, 5.74) is 1.70. The van der Waals surface area contributed by atoms with Crippen molar-refractivity contribution in [2.75, 3.05) is 18.0 Å². The average Bonchev–Trinajstić information content (AvgIpc) is 3.09. The third-order valence-electron chi connectivity index (χ3n) is 4.78. The molecule has 11 heteroatoms. The summed E-state index contributed by atoms with van der Waals surface area (Å²) in [5, 5.41) is 10.4. The molecule has 0 radical (unpaired) electrons. The van der Waals surface area contributed by atoms with Crippen LogP contribution in [0.4, 0.5) is 5.95 Å². The smallest absolute Gasteiger partial charge is 0.277 e. The second kappa shape index (κ2) is 6.24. The van der Waals surface area contributed by atoms with Gasteiger partial charge >= 0.3 is 0 Å². The Balaban J connectivity index is 1.34. The zero-order valence-electron chi connectivity index (χ0n) is 13.1. The van der Waals surface area contributed by atoms with Crippen LogP contribution in [0, 0.1) is 11.8 Å². The number of sulfonamides is 1. The van der Waals surface area contributed by atoms with Gasteiger partial charge in [-0.2, -0.15) is 0 Å². The number of fused-ring (bicyclic) bond motifs is 1. The number of amides is 1. The number of thioether (sulfide) groups is 1. The van der Waals surface area contributed by atoms with Crippen molar-refractivity contribution in [3.05, 3.63) is 29.4 Å². The molecule has 1 amide bonds. The Morgan fingerprint density at radius 1 is 1.28 bits per heavy atom. The first-order valence-corrected chi connectivity index (χ1v) is 10.3. The molecule has 4 rings (SSSR count). The van der Waals surface area contributed by atoms with Gasteiger partial charge in [-0.1, -0.05) is 6.08 Å². The van der Waals surface area contributed by atoms with Gasteiger partial charge in [0.2, 0.25) is 16.0 Å². The zero-order chi connectivity index (χ0) is 17.6. The van der Waals surface area contributed by atoms with Crippen molar-refractivity contribution in [2.24, 2.45) is 11.8 Å². The van der Waals surface area contributed by atoms with E-state index in [0.717, 1.165) is 0 Å². The molecule has 3 unspecified atom stereocenters. The standard InChI is InChI=1S/C14H17N5O4S2/c20-13(17-21)8-4-15-14(16-5-8)19-6-9-10(7-19)12(9)18-25(22,23)11-2-1-3-24-11/h1,3-5,9-12,18,21H,2,6-7H2,(H,17,20). The molecule has 25 heavy (non-hydrogen) atoms. The number of hydroxylamine groups is 1. The highest BCUT2D eigenvalue weighted by Gasteiger charge is 2.58. The van der Waals surface area contributed by atoms with Crippen LogP contribution in [-0.2, 0) is 10.0 Å². The summed E-state index contributed by atoms with van der Waals surface area (Å²) >= 11 is 1.34. The zero-order valence-corrected chi connectivity index (χ0v) is 14.7. The van der Waals surface area contributed by atoms with E-state index in [0.29, 0.717) is 25.5 Å². The van der Waals surface area contributed by atoms with Crippen LogP contribution in [0.5, 0.6) is 0 Å². The molecule has 134 valence electrons. The molecule has 1 aliphatic carbocycles. The molecule has 2 aliphatic heterocycles. The third-order valence-corrected chi connectivity index (χ3v) is 8.20. The molecular formula is C14H17N5O4S2. The van der Waals surface area contributed by atoms with Crippen LogP contribution in [0.1, 0.15) is 16.8 Å². The van der Waals surface area contributed by atoms with Gasteiger partial charge in [-0.25, -0.2) is 28.6 Å². The monoisotopic (exact) mass is 383 g/mol. The maximum absolute atomic E-state index is 12.3. The van der Waals surface area contributed by atoms with E-state index in [1.807, 2.05) is 16.4 Å². The highest BCUT2D eigenvalue weighted by Crippen LogP contribution is 2.47. The first kappa shape index (κ1) is 16.8. The van der Waals surface area contributed by atoms with E-state index in [1.54, 1.807) is 0 Å². The van der Waals surface area contributed by atoms with Crippen LogP contribution < -0.4 is 15.1 Å². The van der Waals surface area contributed by atoms with Crippen LogP contribution in [0.2, 0.25) is 0 Å². The van der Waals surface area contributed by atoms with Crippen LogP contribution in [0.25, 0.3) is 0 Å². The van der Waals surface area contributed by atoms with Gasteiger partial charge in [0.25, 0.3) is 5.91 Å². The molecule has 3 aliphatic rings. The minimum absolute atomic E-state index is 0.0121. The molecule has 3 heterocycles. The summed E-state index contributed by atoms with van der Waals surface area (Å²) in [4.78, 5) is 21.5. The van der Waals surface area contributed by atoms with Crippen molar-refractivity contribution in [3.8, 4) is 0 Å². The lowest BCUT2D eigenvalue weighted by Crippen LogP contribution is -2.38. The highest BCUT2D eigenvalue weighted by molar-refractivity contribution is 8.14. The summed E-state index contributed by atoms with van der Waals surface area (Å²) in [6.45, 7) is 1.36. The topological polar surface area (TPSA) is 125 Å². The lowest BCUT2D eigenvalue weighted by Gasteiger charge is -2.20. The quantitative estimate of drug-likeness (QED) is 0.477. The van der Waals surface area contributed by atoms with E-state index in [9.17, 15) is 13.2 Å². The average molecular weight is 383 g/mol. The van der Waals surface area contributed by atoms with Gasteiger partial charge < -0.3 is 4.90 Å². The van der Waals surface area contributed by atoms with Crippen LogP contribution >= 0.6 is 11.8 Å². The number of aromatic nitrogens is 2. The fraction of sp³-hybridized carbons (Fsp3) is 0.500. The number of anilines is 1. The van der Waals surface area contributed by atoms with Crippen molar-refractivity contribution in [2.45, 2.75) is 17.0 Å². The molecule has 9 nitrogen and oxygen atoms in total. The van der Waals surface area contributed by atoms with Crippen LogP contribution in [0.15, 0.2) is 23.9 Å². The predicted octanol–water partition coefficient (Wildman–Crippen LogP) is -0.0737. The van der Waals surface area contributed by atoms with E-state index in [-0.39, 0.29) is 23.4 Å². The number of hydrogen-bond donors (Lipinski definition) is 3. The molecule has 0 aromatic carbocycles. The third kappa shape index (κ3) is 3.12. The van der Waals surface area contributed by atoms with E-state index in [4.69, 9.17) is 5.21 Å². The SMILES string of the molecule is O=C(NO)c1cnc(N2CC3C(C2)C3NS(=O)(=O)C2CC=CS2)nc1. The van der Waals surface area contributed by atoms with Crippen LogP contribution in [-0.4, -0.2) is 53.2 Å². The predicted molar refractivity (Wildman–Crippen MR) is 91.5 cm³/mol. The fourth-order valence-electron chi connectivity index (χ4n) is 3.36. The van der Waals surface area contributed by atoms with Gasteiger partial charge in [-0.05, 0) is 23.7 Å². The fourth-order valence-corrected chi connectivity index (χ4v) is 6.17. The highest BCUT2D eigenvalue weighted by atomic mass is 32.3. The second-order valence-electron chi connectivity index (χ2n) is 6.31. The van der Waals surface area contributed by atoms with Crippen LogP contribution in [0.3, 0.4) is 0 Å². The van der Waals surface area contributed by atoms with Crippen molar-refractivity contribution >= 4 is 33.6 Å². The first-order valence-electron chi connectivity index (χ1n) is 7.82. The number of piperidine rings is 1. The summed E-state index contributed by atoms with van der Waals surface area (Å²) in [6, 6.07) is -0.0121. The number of carbonyl (C=O) groups is 1. The van der Waals surface area contributed by atoms with Crippen molar-refractivity contribution < 1.29 is 18.4 Å². The Morgan fingerprint density at radius 2 is 1.96 bits per heavy atom. The minimum Gasteiger partial charge on any atom is -0.340 e. The maximum Gasteiger partial charge on any atom is 0.277 e. The maximum atomic E-state index is 12.3. The van der Waals surface area contributed by atoms with Gasteiger partial charge in [-0.3, -0.25) is 10.0 Å². The Hall–Kier alpha value is -1.69. The van der Waals surface area contributed by atoms with Gasteiger partial charge in [0.15, 0.2) is 0 Å². The Morgan fingerprint density at radius 3 is 2.52 bits per heavy atom. The van der Waals surface area contributed by atoms with Gasteiger partial charge in [0, 0.05) is 31.5 Å². The molecule has 3 atom stereocenters. The molecule has 0 spiro atoms. The summed E-state index contributed by atoms with van der Waals surface area (Å²) < 4.78 is 27.1. The molecular weight excluding hydrogens is 366 g/mol. The minimum atomic E-state index is -3.31. The molecule has 1 aromatic heterocycles. The Kier molecular flexibility index (Phi) is 4.18. The van der Waals surface area contributed by atoms with Crippen molar-refractivity contribution in [1.82, 2.24) is 20.2 Å². The van der Waals surface area contributed by atoms with Crippen molar-refractivity contribution in [3.63, 3.8) is 0 Å². The number of rotatable bonds is 5. The van der Waals surface area contributed by atoms with E-state index in [2.05, 4.69) is 14.7 Å². The van der Waals surface area contributed by atoms with E-state index < -0.39 is 20.5 Å². The summed E-state index contributed by atoms with van der Waals surface area (Å²) in [7, 11) is -3.31. The molecule has 1 aromatic rings. The Labute approximate surface area is 148 Å². The van der Waals surface area contributed by atoms with Gasteiger partial charge in [-0.15, -0.1) is 11.8 Å². The number of nitrogens with one attached hydrogen (secondary N) is 2. The second-order valence-corrected chi connectivity index (χ2v) is 9.61. The van der Waals surface area contributed by atoms with E-state index >= 15 is 0 Å². The number of carbonyl (C=O) groups excluding carboxylic acids is 1. The number of nitrogens with zero attached hydrogens (tertiary/aromatic N) is 3. The lowest BCUT2D eigenvalue weighted by atomic mass is 10.3. The first-order chi connectivity index (χ1) is 12.0. The van der Waals surface area contributed by atoms with E-state index in [1.165, 1.54) is 29.6 Å². The number of hydrogen-bond acceptors (Lipinski definition) is 8. The molecule has 1 saturated heterocycles. The lowest BCUT2D eigenvalue weighted by molar-refractivity contribution is 0.0705. The molecule has 0 bridgehead atoms. The van der Waals surface area contributed by atoms with Crippen molar-refractivity contribution in [1.29, 1.82) is 0 Å². The van der Waals surface area contributed by atoms with Gasteiger partial charge in [0.05, 0.1) is 5.56 Å². The summed E-state index contributed by atoms with van der Waals surface area (Å²) in [5.74, 6) is 0.361. The number of allylic oxidation sites excluding steroid dienone is 1. The molecule has 2 fully saturated rings.